The number of ether oxygens (including phenoxy) is 2. The van der Waals surface area contributed by atoms with E-state index in [1.807, 2.05) is 32.8 Å². The highest BCUT2D eigenvalue weighted by molar-refractivity contribution is 6.28. The van der Waals surface area contributed by atoms with E-state index in [0.717, 1.165) is 0 Å². The summed E-state index contributed by atoms with van der Waals surface area (Å²) in [5, 5.41) is 0.182. The van der Waals surface area contributed by atoms with Crippen molar-refractivity contribution in [3.63, 3.8) is 0 Å². The summed E-state index contributed by atoms with van der Waals surface area (Å²) in [6, 6.07) is 0. The second-order valence-corrected chi connectivity index (χ2v) is 4.82. The number of aromatic nitrogens is 3. The van der Waals surface area contributed by atoms with Gasteiger partial charge in [-0.05, 0) is 25.4 Å². The van der Waals surface area contributed by atoms with E-state index in [1.54, 1.807) is 4.90 Å². The van der Waals surface area contributed by atoms with Crippen LogP contribution in [0.15, 0.2) is 0 Å². The van der Waals surface area contributed by atoms with E-state index < -0.39 is 0 Å². The molecule has 1 rings (SSSR count). The molecule has 0 atom stereocenters. The molecule has 0 radical (unpaired) electrons. The zero-order valence-corrected chi connectivity index (χ0v) is 13.9. The van der Waals surface area contributed by atoms with Crippen LogP contribution >= 0.6 is 11.6 Å². The van der Waals surface area contributed by atoms with Crippen LogP contribution in [0.25, 0.3) is 0 Å². The highest BCUT2D eigenvalue weighted by Crippen LogP contribution is 2.15. The van der Waals surface area contributed by atoms with Gasteiger partial charge >= 0.3 is 0 Å². The van der Waals surface area contributed by atoms with Gasteiger partial charge in [-0.3, -0.25) is 0 Å². The van der Waals surface area contributed by atoms with Crippen molar-refractivity contribution < 1.29 is 9.47 Å². The van der Waals surface area contributed by atoms with E-state index in [9.17, 15) is 0 Å². The lowest BCUT2D eigenvalue weighted by Gasteiger charge is -2.23. The van der Waals surface area contributed by atoms with Gasteiger partial charge in [0.1, 0.15) is 0 Å². The van der Waals surface area contributed by atoms with Gasteiger partial charge in [-0.1, -0.05) is 0 Å². The summed E-state index contributed by atoms with van der Waals surface area (Å²) in [4.78, 5) is 16.5. The Morgan fingerprint density at radius 2 is 1.43 bits per heavy atom. The Bertz CT molecular complexity index is 410. The van der Waals surface area contributed by atoms with Crippen LogP contribution in [0.5, 0.6) is 0 Å². The third-order valence-electron chi connectivity index (χ3n) is 2.69. The molecule has 0 saturated carbocycles. The van der Waals surface area contributed by atoms with Crippen LogP contribution in [0.3, 0.4) is 0 Å². The first-order chi connectivity index (χ1) is 10.1. The van der Waals surface area contributed by atoms with Gasteiger partial charge in [0.05, 0.1) is 13.2 Å². The van der Waals surface area contributed by atoms with Gasteiger partial charge in [-0.15, -0.1) is 0 Å². The van der Waals surface area contributed by atoms with Crippen LogP contribution in [-0.4, -0.2) is 68.6 Å². The molecule has 8 heteroatoms. The summed E-state index contributed by atoms with van der Waals surface area (Å²) in [7, 11) is 3.72. The molecule has 0 unspecified atom stereocenters. The van der Waals surface area contributed by atoms with Gasteiger partial charge in [0.15, 0.2) is 0 Å². The molecule has 1 aromatic rings. The topological polar surface area (TPSA) is 63.6 Å². The van der Waals surface area contributed by atoms with Crippen molar-refractivity contribution in [3.8, 4) is 0 Å². The van der Waals surface area contributed by atoms with Crippen molar-refractivity contribution >= 4 is 23.5 Å². The predicted molar refractivity (Wildman–Crippen MR) is 84.4 cm³/mol. The molecule has 0 saturated heterocycles. The summed E-state index contributed by atoms with van der Waals surface area (Å²) < 4.78 is 10.8. The Balaban J connectivity index is 2.84. The summed E-state index contributed by atoms with van der Waals surface area (Å²) in [5.41, 5.74) is 0. The highest BCUT2D eigenvalue weighted by Gasteiger charge is 2.14. The second-order valence-electron chi connectivity index (χ2n) is 4.48. The van der Waals surface area contributed by atoms with E-state index in [2.05, 4.69) is 15.0 Å². The molecule has 1 aromatic heterocycles. The molecule has 0 aliphatic carbocycles. The van der Waals surface area contributed by atoms with Crippen molar-refractivity contribution in [2.45, 2.75) is 13.8 Å². The van der Waals surface area contributed by atoms with Crippen LogP contribution in [0, 0.1) is 0 Å². The lowest BCUT2D eigenvalue weighted by molar-refractivity contribution is 0.141. The molecule has 7 nitrogen and oxygen atoms in total. The molecular weight excluding hydrogens is 294 g/mol. The van der Waals surface area contributed by atoms with Crippen LogP contribution in [0.1, 0.15) is 13.8 Å². The summed E-state index contributed by atoms with van der Waals surface area (Å²) in [6.45, 7) is 7.85. The quantitative estimate of drug-likeness (QED) is 0.605. The van der Waals surface area contributed by atoms with Gasteiger partial charge in [0, 0.05) is 40.4 Å². The maximum Gasteiger partial charge on any atom is 0.231 e. The maximum atomic E-state index is 5.98. The molecule has 0 aliphatic rings. The largest absolute Gasteiger partial charge is 0.380 e. The van der Waals surface area contributed by atoms with Gasteiger partial charge in [0.2, 0.25) is 17.2 Å². The first-order valence-corrected chi connectivity index (χ1v) is 7.45. The van der Waals surface area contributed by atoms with Crippen LogP contribution in [0.4, 0.5) is 11.9 Å². The minimum absolute atomic E-state index is 0.182. The molecule has 0 N–H and O–H groups in total. The van der Waals surface area contributed by atoms with Gasteiger partial charge in [0.25, 0.3) is 0 Å². The Labute approximate surface area is 131 Å². The van der Waals surface area contributed by atoms with E-state index in [1.165, 1.54) is 0 Å². The van der Waals surface area contributed by atoms with Crippen molar-refractivity contribution in [1.82, 2.24) is 15.0 Å². The fourth-order valence-electron chi connectivity index (χ4n) is 1.62. The molecule has 0 aromatic carbocycles. The van der Waals surface area contributed by atoms with Crippen molar-refractivity contribution in [1.29, 1.82) is 0 Å². The number of anilines is 2. The van der Waals surface area contributed by atoms with Crippen molar-refractivity contribution in [3.05, 3.63) is 5.28 Å². The summed E-state index contributed by atoms with van der Waals surface area (Å²) in [6.07, 6.45) is 0. The fourth-order valence-corrected chi connectivity index (χ4v) is 1.77. The molecule has 0 amide bonds. The van der Waals surface area contributed by atoms with E-state index >= 15 is 0 Å². The number of hydrogen-bond donors (Lipinski definition) is 0. The van der Waals surface area contributed by atoms with Crippen LogP contribution < -0.4 is 9.80 Å². The maximum absolute atomic E-state index is 5.98. The molecule has 120 valence electrons. The molecule has 0 aliphatic heterocycles. The highest BCUT2D eigenvalue weighted by atomic mass is 35.5. The second kappa shape index (κ2) is 9.70. The third kappa shape index (κ3) is 6.41. The average molecular weight is 318 g/mol. The first kappa shape index (κ1) is 17.9. The number of nitrogens with zero attached hydrogens (tertiary/aromatic N) is 5. The standard InChI is InChI=1S/C13H24ClN5O2/c1-5-20-9-7-19(8-10-21-6-2)13-16-11(14)15-12(17-13)18(3)4/h5-10H2,1-4H3. The van der Waals surface area contributed by atoms with Gasteiger partial charge in [-0.25, -0.2) is 0 Å². The zero-order valence-electron chi connectivity index (χ0n) is 13.2. The summed E-state index contributed by atoms with van der Waals surface area (Å²) >= 11 is 5.98. The Hall–Kier alpha value is -1.18. The minimum Gasteiger partial charge on any atom is -0.380 e. The normalized spacial score (nSPS) is 10.7. The molecule has 1 heterocycles. The zero-order chi connectivity index (χ0) is 15.7. The molecular formula is C13H24ClN5O2. The fraction of sp³-hybridized carbons (Fsp3) is 0.769. The Morgan fingerprint density at radius 1 is 0.905 bits per heavy atom. The van der Waals surface area contributed by atoms with Gasteiger partial charge < -0.3 is 19.3 Å². The molecule has 0 spiro atoms. The lowest BCUT2D eigenvalue weighted by Crippen LogP contribution is -2.33. The van der Waals surface area contributed by atoms with Crippen LogP contribution in [0.2, 0.25) is 5.28 Å². The lowest BCUT2D eigenvalue weighted by atomic mass is 10.5. The summed E-state index contributed by atoms with van der Waals surface area (Å²) in [5.74, 6) is 1.07. The van der Waals surface area contributed by atoms with Crippen molar-refractivity contribution in [2.24, 2.45) is 0 Å². The number of rotatable bonds is 10. The van der Waals surface area contributed by atoms with E-state index in [0.29, 0.717) is 51.4 Å². The van der Waals surface area contributed by atoms with E-state index in [4.69, 9.17) is 21.1 Å². The van der Waals surface area contributed by atoms with Crippen molar-refractivity contribution in [2.75, 3.05) is 63.4 Å². The third-order valence-corrected chi connectivity index (χ3v) is 2.86. The molecule has 21 heavy (non-hydrogen) atoms. The number of hydrogen-bond acceptors (Lipinski definition) is 7. The number of halogens is 1. The average Bonchev–Trinajstić information content (AvgIpc) is 2.45. The van der Waals surface area contributed by atoms with E-state index in [-0.39, 0.29) is 5.28 Å². The smallest absolute Gasteiger partial charge is 0.231 e. The monoisotopic (exact) mass is 317 g/mol. The predicted octanol–water partition coefficient (Wildman–Crippen LogP) is 1.47. The van der Waals surface area contributed by atoms with Gasteiger partial charge in [-0.2, -0.15) is 15.0 Å². The molecule has 0 bridgehead atoms. The van der Waals surface area contributed by atoms with Crippen LogP contribution in [-0.2, 0) is 9.47 Å². The molecule has 0 fully saturated rings. The minimum atomic E-state index is 0.182. The Kier molecular flexibility index (Phi) is 8.26. The SMILES string of the molecule is CCOCCN(CCOCC)c1nc(Cl)nc(N(C)C)n1. The first-order valence-electron chi connectivity index (χ1n) is 7.07. The Morgan fingerprint density at radius 3 is 1.90 bits per heavy atom.